The zero-order valence-corrected chi connectivity index (χ0v) is 29.6. The van der Waals surface area contributed by atoms with Gasteiger partial charge in [-0.05, 0) is 64.7 Å². The minimum Gasteiger partial charge on any atom is -0.456 e. The molecule has 2 aliphatic rings. The second kappa shape index (κ2) is 11.3. The molecule has 0 atom stereocenters. The van der Waals surface area contributed by atoms with E-state index in [1.807, 2.05) is 72.8 Å². The molecule has 4 heteroatoms. The minimum absolute atomic E-state index is 0.535. The van der Waals surface area contributed by atoms with Crippen LogP contribution in [0.3, 0.4) is 0 Å². The van der Waals surface area contributed by atoms with Gasteiger partial charge in [-0.25, -0.2) is 0 Å². The maximum absolute atomic E-state index is 15.2. The average molecular weight is 698 g/mol. The van der Waals surface area contributed by atoms with Gasteiger partial charge in [0.1, 0.15) is 11.5 Å². The number of ether oxygens (including phenoxy) is 1. The summed E-state index contributed by atoms with van der Waals surface area (Å²) >= 11 is 0. The second-order valence-corrected chi connectivity index (χ2v) is 16.7. The van der Waals surface area contributed by atoms with Crippen molar-refractivity contribution in [2.24, 2.45) is 0 Å². The molecule has 53 heavy (non-hydrogen) atoms. The van der Waals surface area contributed by atoms with E-state index in [4.69, 9.17) is 4.74 Å². The molecule has 8 aromatic carbocycles. The van der Waals surface area contributed by atoms with Crippen LogP contribution >= 0.6 is 7.14 Å². The van der Waals surface area contributed by atoms with Gasteiger partial charge < -0.3 is 13.9 Å². The van der Waals surface area contributed by atoms with Crippen molar-refractivity contribution in [1.29, 1.82) is 0 Å². The van der Waals surface area contributed by atoms with Gasteiger partial charge in [0.2, 0.25) is 0 Å². The van der Waals surface area contributed by atoms with Gasteiger partial charge in [0.25, 0.3) is 0 Å². The fourth-order valence-electron chi connectivity index (χ4n) is 9.18. The van der Waals surface area contributed by atoms with Crippen LogP contribution in [0.25, 0.3) is 38.6 Å². The number of aromatic nitrogens is 1. The van der Waals surface area contributed by atoms with Crippen molar-refractivity contribution in [2.75, 3.05) is 0 Å². The molecule has 0 unspecified atom stereocenters. The van der Waals surface area contributed by atoms with Crippen LogP contribution in [0.5, 0.6) is 11.5 Å². The van der Waals surface area contributed by atoms with Crippen LogP contribution in [-0.2, 0) is 9.98 Å². The Bertz CT molecular complexity index is 2860. The van der Waals surface area contributed by atoms with Crippen molar-refractivity contribution in [3.05, 3.63) is 216 Å². The molecule has 3 nitrogen and oxygen atoms in total. The van der Waals surface area contributed by atoms with Crippen molar-refractivity contribution in [1.82, 2.24) is 4.57 Å². The quantitative estimate of drug-likeness (QED) is 0.171. The molecule has 0 N–H and O–H groups in total. The highest BCUT2D eigenvalue weighted by Gasteiger charge is 2.51. The van der Waals surface area contributed by atoms with E-state index in [0.717, 1.165) is 66.0 Å². The molecule has 0 amide bonds. The van der Waals surface area contributed by atoms with Crippen molar-refractivity contribution in [3.63, 3.8) is 0 Å². The third-order valence-corrected chi connectivity index (χ3v) is 14.4. The molecular weight excluding hydrogens is 666 g/mol. The third-order valence-electron chi connectivity index (χ3n) is 11.4. The van der Waals surface area contributed by atoms with Gasteiger partial charge in [-0.15, -0.1) is 0 Å². The lowest BCUT2D eigenvalue weighted by Gasteiger charge is -2.39. The maximum atomic E-state index is 15.2. The summed E-state index contributed by atoms with van der Waals surface area (Å²) in [6.45, 7) is 0. The van der Waals surface area contributed by atoms with E-state index in [0.29, 0.717) is 0 Å². The summed E-state index contributed by atoms with van der Waals surface area (Å²) < 4.78 is 24.6. The van der Waals surface area contributed by atoms with Crippen LogP contribution < -0.4 is 20.7 Å². The molecule has 1 aliphatic carbocycles. The van der Waals surface area contributed by atoms with Crippen molar-refractivity contribution >= 4 is 44.9 Å². The van der Waals surface area contributed by atoms with Crippen LogP contribution in [0, 0.1) is 0 Å². The zero-order chi connectivity index (χ0) is 35.1. The van der Waals surface area contributed by atoms with Gasteiger partial charge in [0.15, 0.2) is 7.14 Å². The number of fused-ring (bicyclic) bond motifs is 13. The van der Waals surface area contributed by atoms with Gasteiger partial charge in [-0.1, -0.05) is 152 Å². The largest absolute Gasteiger partial charge is 0.456 e. The normalized spacial score (nSPS) is 13.7. The fraction of sp³-hybridized carbons (Fsp3) is 0.0204. The van der Waals surface area contributed by atoms with Crippen LogP contribution in [-0.4, -0.2) is 4.57 Å². The van der Waals surface area contributed by atoms with Crippen molar-refractivity contribution in [3.8, 4) is 28.3 Å². The third kappa shape index (κ3) is 4.03. The second-order valence-electron chi connectivity index (χ2n) is 13.9. The Balaban J connectivity index is 1.16. The molecule has 1 aromatic heterocycles. The fourth-order valence-corrected chi connectivity index (χ4v) is 11.8. The van der Waals surface area contributed by atoms with E-state index in [1.165, 1.54) is 22.3 Å². The Morgan fingerprint density at radius 2 is 0.962 bits per heavy atom. The Hall–Kier alpha value is -6.41. The van der Waals surface area contributed by atoms with Crippen LogP contribution in [0.15, 0.2) is 194 Å². The van der Waals surface area contributed by atoms with Crippen LogP contribution in [0.2, 0.25) is 0 Å². The predicted octanol–water partition coefficient (Wildman–Crippen LogP) is 10.9. The number of para-hydroxylation sites is 2. The molecule has 9 aromatic rings. The number of hydrogen-bond donors (Lipinski definition) is 0. The van der Waals surface area contributed by atoms with E-state index in [2.05, 4.69) is 126 Å². The average Bonchev–Trinajstić information content (AvgIpc) is 3.73. The van der Waals surface area contributed by atoms with Crippen molar-refractivity contribution in [2.45, 2.75) is 5.41 Å². The lowest BCUT2D eigenvalue weighted by atomic mass is 9.66. The monoisotopic (exact) mass is 697 g/mol. The highest BCUT2D eigenvalue weighted by Crippen LogP contribution is 2.63. The molecule has 1 spiro atoms. The maximum Gasteiger partial charge on any atom is 0.171 e. The van der Waals surface area contributed by atoms with Gasteiger partial charge in [0.05, 0.1) is 21.8 Å². The summed E-state index contributed by atoms with van der Waals surface area (Å²) in [7, 11) is -3.11. The topological polar surface area (TPSA) is 31.2 Å². The van der Waals surface area contributed by atoms with Gasteiger partial charge in [0, 0.05) is 38.1 Å². The first kappa shape index (κ1) is 30.2. The highest BCUT2D eigenvalue weighted by atomic mass is 31.2. The first-order valence-corrected chi connectivity index (χ1v) is 19.8. The lowest BCUT2D eigenvalue weighted by Crippen LogP contribution is -2.32. The summed E-state index contributed by atoms with van der Waals surface area (Å²) in [5, 5.41) is 4.65. The molecule has 0 saturated carbocycles. The molecule has 2 heterocycles. The lowest BCUT2D eigenvalue weighted by molar-refractivity contribution is 0.442. The van der Waals surface area contributed by atoms with E-state index >= 15 is 4.57 Å². The molecular formula is C49H32NO2P. The Morgan fingerprint density at radius 1 is 0.434 bits per heavy atom. The standard InChI is InChI=1S/C49H32NO2P/c51-53(34-15-3-1-4-16-34,35-17-5-2-6-18-35)36-29-27-33(28-30-36)50-44-25-13-9-21-39(44)47-45(50)32-31-43-48(47)52-46-26-14-12-24-42(46)49(43)40-22-10-7-19-37(40)38-20-8-11-23-41(38)49/h1-32H. The summed E-state index contributed by atoms with van der Waals surface area (Å²) in [6.07, 6.45) is 0. The predicted molar refractivity (Wildman–Crippen MR) is 218 cm³/mol. The molecule has 250 valence electrons. The van der Waals surface area contributed by atoms with Crippen LogP contribution in [0.4, 0.5) is 0 Å². The smallest absolute Gasteiger partial charge is 0.171 e. The first-order chi connectivity index (χ1) is 26.2. The van der Waals surface area contributed by atoms with Crippen LogP contribution in [0.1, 0.15) is 22.3 Å². The number of rotatable bonds is 4. The molecule has 0 radical (unpaired) electrons. The number of hydrogen-bond acceptors (Lipinski definition) is 2. The van der Waals surface area contributed by atoms with E-state index in [-0.39, 0.29) is 0 Å². The zero-order valence-electron chi connectivity index (χ0n) is 28.7. The van der Waals surface area contributed by atoms with Gasteiger partial charge >= 0.3 is 0 Å². The molecule has 0 fully saturated rings. The molecule has 11 rings (SSSR count). The van der Waals surface area contributed by atoms with E-state index in [1.54, 1.807) is 0 Å². The SMILES string of the molecule is O=P(c1ccccc1)(c1ccccc1)c1ccc(-n2c3ccccc3c3c4c(ccc32)C2(c3ccccc3O4)c3ccccc3-c3ccccc32)cc1. The summed E-state index contributed by atoms with van der Waals surface area (Å²) in [5.74, 6) is 1.76. The minimum atomic E-state index is -3.11. The summed E-state index contributed by atoms with van der Waals surface area (Å²) in [6, 6.07) is 67.4. The summed E-state index contributed by atoms with van der Waals surface area (Å²) in [5.41, 5.74) is 9.98. The molecule has 0 saturated heterocycles. The summed E-state index contributed by atoms with van der Waals surface area (Å²) in [4.78, 5) is 0. The molecule has 1 aliphatic heterocycles. The first-order valence-electron chi connectivity index (χ1n) is 18.0. The number of benzene rings is 8. The Kier molecular flexibility index (Phi) is 6.44. The molecule has 0 bridgehead atoms. The number of nitrogens with zero attached hydrogens (tertiary/aromatic N) is 1. The van der Waals surface area contributed by atoms with E-state index < -0.39 is 12.6 Å². The Morgan fingerprint density at radius 3 is 1.62 bits per heavy atom. The highest BCUT2D eigenvalue weighted by molar-refractivity contribution is 7.85. The van der Waals surface area contributed by atoms with E-state index in [9.17, 15) is 0 Å². The van der Waals surface area contributed by atoms with Gasteiger partial charge in [-0.2, -0.15) is 0 Å². The van der Waals surface area contributed by atoms with Crippen molar-refractivity contribution < 1.29 is 9.30 Å². The van der Waals surface area contributed by atoms with Gasteiger partial charge in [-0.3, -0.25) is 0 Å². The Labute approximate surface area is 307 Å².